The normalized spacial score (nSPS) is 17.1. The van der Waals surface area contributed by atoms with E-state index in [1.54, 1.807) is 15.8 Å². The Morgan fingerprint density at radius 2 is 2.00 bits per heavy atom. The van der Waals surface area contributed by atoms with Crippen LogP contribution in [-0.4, -0.2) is 39.2 Å². The van der Waals surface area contributed by atoms with Crippen molar-refractivity contribution in [3.8, 4) is 10.4 Å². The predicted octanol–water partition coefficient (Wildman–Crippen LogP) is 4.96. The third-order valence-corrected chi connectivity index (χ3v) is 6.21. The molecule has 1 aromatic carbocycles. The van der Waals surface area contributed by atoms with Gasteiger partial charge in [0.15, 0.2) is 0 Å². The summed E-state index contributed by atoms with van der Waals surface area (Å²) in [5.74, 6) is 0. The van der Waals surface area contributed by atoms with Gasteiger partial charge in [-0.05, 0) is 51.0 Å². The number of likely N-dealkylation sites (tertiary alicyclic amines) is 1. The van der Waals surface area contributed by atoms with Crippen LogP contribution >= 0.6 is 22.9 Å². The van der Waals surface area contributed by atoms with E-state index in [2.05, 4.69) is 4.98 Å². The number of aromatic nitrogens is 2. The zero-order chi connectivity index (χ0) is 20.8. The first-order valence-corrected chi connectivity index (χ1v) is 10.7. The Morgan fingerprint density at radius 3 is 2.69 bits per heavy atom. The molecule has 0 saturated carbocycles. The molecule has 1 amide bonds. The van der Waals surface area contributed by atoms with Crippen LogP contribution in [0.5, 0.6) is 0 Å². The predicted molar refractivity (Wildman–Crippen MR) is 116 cm³/mol. The number of thiophene rings is 1. The number of amides is 1. The molecule has 1 aliphatic rings. The van der Waals surface area contributed by atoms with Crippen LogP contribution in [0.2, 0.25) is 5.02 Å². The summed E-state index contributed by atoms with van der Waals surface area (Å²) in [4.78, 5) is 32.5. The quantitative estimate of drug-likeness (QED) is 0.575. The number of ether oxygens (including phenoxy) is 1. The molecule has 8 heteroatoms. The van der Waals surface area contributed by atoms with Crippen molar-refractivity contribution in [2.75, 3.05) is 13.1 Å². The fourth-order valence-corrected chi connectivity index (χ4v) is 4.58. The van der Waals surface area contributed by atoms with E-state index in [9.17, 15) is 9.59 Å². The van der Waals surface area contributed by atoms with E-state index in [0.717, 1.165) is 10.4 Å². The Bertz CT molecular complexity index is 1110. The molecule has 2 aromatic heterocycles. The van der Waals surface area contributed by atoms with Crippen molar-refractivity contribution >= 4 is 39.2 Å². The van der Waals surface area contributed by atoms with Gasteiger partial charge >= 0.3 is 6.09 Å². The molecule has 1 aliphatic heterocycles. The highest BCUT2D eigenvalue weighted by atomic mass is 35.5. The van der Waals surface area contributed by atoms with Crippen LogP contribution < -0.4 is 5.56 Å². The molecular weight excluding hydrogens is 410 g/mol. The summed E-state index contributed by atoms with van der Waals surface area (Å²) >= 11 is 7.39. The van der Waals surface area contributed by atoms with Gasteiger partial charge in [-0.2, -0.15) is 0 Å². The average Bonchev–Trinajstić information content (AvgIpc) is 3.29. The van der Waals surface area contributed by atoms with Crippen molar-refractivity contribution in [3.05, 3.63) is 52.0 Å². The van der Waals surface area contributed by atoms with Gasteiger partial charge < -0.3 is 9.64 Å². The maximum absolute atomic E-state index is 13.1. The van der Waals surface area contributed by atoms with Gasteiger partial charge in [-0.1, -0.05) is 23.7 Å². The molecule has 0 radical (unpaired) electrons. The van der Waals surface area contributed by atoms with Crippen LogP contribution in [0.25, 0.3) is 20.7 Å². The average molecular weight is 432 g/mol. The minimum Gasteiger partial charge on any atom is -0.444 e. The number of hydrogen-bond donors (Lipinski definition) is 0. The summed E-state index contributed by atoms with van der Waals surface area (Å²) < 4.78 is 7.71. The lowest BCUT2D eigenvalue weighted by Gasteiger charge is -2.24. The van der Waals surface area contributed by atoms with Crippen LogP contribution in [-0.2, 0) is 4.74 Å². The Morgan fingerprint density at radius 1 is 1.28 bits per heavy atom. The van der Waals surface area contributed by atoms with E-state index in [1.807, 2.05) is 51.1 Å². The van der Waals surface area contributed by atoms with Crippen molar-refractivity contribution in [3.63, 3.8) is 0 Å². The highest BCUT2D eigenvalue weighted by molar-refractivity contribution is 7.22. The van der Waals surface area contributed by atoms with Gasteiger partial charge in [-0.25, -0.2) is 9.78 Å². The van der Waals surface area contributed by atoms with E-state index in [0.29, 0.717) is 34.7 Å². The van der Waals surface area contributed by atoms with E-state index in [1.165, 1.54) is 11.3 Å². The molecule has 0 unspecified atom stereocenters. The number of carbonyl (C=O) groups excluding carboxylic acids is 1. The van der Waals surface area contributed by atoms with Gasteiger partial charge in [0.25, 0.3) is 5.56 Å². The standard InChI is InChI=1S/C21H22ClN3O3S/c1-21(2,3)28-20(27)24-9-8-15(11-24)25-12-23-16-10-17(29-18(16)19(25)26)13-4-6-14(22)7-5-13/h4-7,10,12,15H,8-9,11H2,1-3H3/t15-/m0/s1. The largest absolute Gasteiger partial charge is 0.444 e. The molecule has 0 N–H and O–H groups in total. The number of carbonyl (C=O) groups is 1. The van der Waals surface area contributed by atoms with Crippen molar-refractivity contribution in [2.24, 2.45) is 0 Å². The molecule has 0 spiro atoms. The van der Waals surface area contributed by atoms with Gasteiger partial charge in [0.05, 0.1) is 17.9 Å². The van der Waals surface area contributed by atoms with E-state index in [-0.39, 0.29) is 17.7 Å². The lowest BCUT2D eigenvalue weighted by molar-refractivity contribution is 0.0289. The topological polar surface area (TPSA) is 64.4 Å². The molecule has 1 atom stereocenters. The summed E-state index contributed by atoms with van der Waals surface area (Å²) in [5, 5.41) is 0.672. The van der Waals surface area contributed by atoms with Crippen molar-refractivity contribution in [1.29, 1.82) is 0 Å². The van der Waals surface area contributed by atoms with Gasteiger partial charge in [0.1, 0.15) is 10.3 Å². The van der Waals surface area contributed by atoms with Gasteiger partial charge in [-0.3, -0.25) is 9.36 Å². The summed E-state index contributed by atoms with van der Waals surface area (Å²) in [6.45, 7) is 6.53. The van der Waals surface area contributed by atoms with Crippen LogP contribution in [0.3, 0.4) is 0 Å². The number of fused-ring (bicyclic) bond motifs is 1. The first-order chi connectivity index (χ1) is 13.7. The van der Waals surface area contributed by atoms with Gasteiger partial charge in [0, 0.05) is 23.0 Å². The number of halogens is 1. The lowest BCUT2D eigenvalue weighted by atomic mass is 10.2. The smallest absolute Gasteiger partial charge is 0.410 e. The number of hydrogen-bond acceptors (Lipinski definition) is 5. The second-order valence-corrected chi connectivity index (χ2v) is 9.65. The van der Waals surface area contributed by atoms with E-state index in [4.69, 9.17) is 16.3 Å². The van der Waals surface area contributed by atoms with Crippen LogP contribution in [0.1, 0.15) is 33.2 Å². The molecule has 3 aromatic rings. The monoisotopic (exact) mass is 431 g/mol. The molecular formula is C21H22ClN3O3S. The minimum atomic E-state index is -0.540. The minimum absolute atomic E-state index is 0.0729. The molecule has 29 heavy (non-hydrogen) atoms. The maximum Gasteiger partial charge on any atom is 0.410 e. The Labute approximate surface area is 177 Å². The number of nitrogens with zero attached hydrogens (tertiary/aromatic N) is 3. The molecule has 4 rings (SSSR count). The Kier molecular flexibility index (Phi) is 5.12. The van der Waals surface area contributed by atoms with Gasteiger partial charge in [0.2, 0.25) is 0 Å². The maximum atomic E-state index is 13.1. The van der Waals surface area contributed by atoms with Crippen LogP contribution in [0, 0.1) is 0 Å². The SMILES string of the molecule is CC(C)(C)OC(=O)N1CC[C@H](n2cnc3cc(-c4ccc(Cl)cc4)sc3c2=O)C1. The molecule has 1 saturated heterocycles. The zero-order valence-corrected chi connectivity index (χ0v) is 18.1. The summed E-state index contributed by atoms with van der Waals surface area (Å²) in [5.41, 5.74) is 1.07. The molecule has 3 heterocycles. The van der Waals surface area contributed by atoms with Gasteiger partial charge in [-0.15, -0.1) is 11.3 Å². The summed E-state index contributed by atoms with van der Waals surface area (Å²) in [6, 6.07) is 9.35. The van der Waals surface area contributed by atoms with E-state index >= 15 is 0 Å². The molecule has 0 aliphatic carbocycles. The zero-order valence-electron chi connectivity index (χ0n) is 16.5. The fourth-order valence-electron chi connectivity index (χ4n) is 3.40. The van der Waals surface area contributed by atoms with Crippen molar-refractivity contribution in [2.45, 2.75) is 38.8 Å². The first-order valence-electron chi connectivity index (χ1n) is 9.46. The van der Waals surface area contributed by atoms with E-state index < -0.39 is 5.60 Å². The molecule has 1 fully saturated rings. The highest BCUT2D eigenvalue weighted by Crippen LogP contribution is 2.32. The third kappa shape index (κ3) is 4.16. The summed E-state index contributed by atoms with van der Waals surface area (Å²) in [7, 11) is 0. The van der Waals surface area contributed by atoms with Crippen molar-refractivity contribution in [1.82, 2.24) is 14.5 Å². The summed E-state index contributed by atoms with van der Waals surface area (Å²) in [6.07, 6.45) is 1.94. The number of benzene rings is 1. The Hall–Kier alpha value is -2.38. The lowest BCUT2D eigenvalue weighted by Crippen LogP contribution is -2.36. The molecule has 6 nitrogen and oxygen atoms in total. The number of rotatable bonds is 2. The molecule has 152 valence electrons. The Balaban J connectivity index is 1.59. The highest BCUT2D eigenvalue weighted by Gasteiger charge is 2.31. The second kappa shape index (κ2) is 7.46. The third-order valence-electron chi connectivity index (χ3n) is 4.80. The van der Waals surface area contributed by atoms with Crippen molar-refractivity contribution < 1.29 is 9.53 Å². The molecule has 0 bridgehead atoms. The van der Waals surface area contributed by atoms with Crippen LogP contribution in [0.4, 0.5) is 4.79 Å². The second-order valence-electron chi connectivity index (χ2n) is 8.16. The fraction of sp³-hybridized carbons (Fsp3) is 0.381. The van der Waals surface area contributed by atoms with Crippen LogP contribution in [0.15, 0.2) is 41.5 Å². The first kappa shape index (κ1) is 19.9.